The fourth-order valence-corrected chi connectivity index (χ4v) is 1.92. The molecular weight excluding hydrogens is 271 g/mol. The van der Waals surface area contributed by atoms with Gasteiger partial charge < -0.3 is 15.3 Å². The highest BCUT2D eigenvalue weighted by atomic mass is 19.4. The van der Waals surface area contributed by atoms with Crippen molar-refractivity contribution >= 4 is 5.82 Å². The van der Waals surface area contributed by atoms with Gasteiger partial charge in [0, 0.05) is 19.3 Å². The van der Waals surface area contributed by atoms with Crippen molar-refractivity contribution in [2.24, 2.45) is 0 Å². The lowest BCUT2D eigenvalue weighted by Crippen LogP contribution is -2.37. The third-order valence-electron chi connectivity index (χ3n) is 2.73. The Kier molecular flexibility index (Phi) is 6.22. The minimum atomic E-state index is -4.33. The number of halogens is 3. The number of alkyl halides is 3. The van der Waals surface area contributed by atoms with Gasteiger partial charge in [-0.05, 0) is 30.7 Å². The Morgan fingerprint density at radius 2 is 2.10 bits per heavy atom. The predicted octanol–water partition coefficient (Wildman–Crippen LogP) is 1.86. The third kappa shape index (κ3) is 5.34. The average Bonchev–Trinajstić information content (AvgIpc) is 2.34. The molecule has 0 fully saturated rings. The number of aliphatic hydroxyl groups is 1. The van der Waals surface area contributed by atoms with Crippen LogP contribution in [0, 0.1) is 6.92 Å². The second-order valence-electron chi connectivity index (χ2n) is 4.52. The van der Waals surface area contributed by atoms with E-state index in [4.69, 9.17) is 5.11 Å². The van der Waals surface area contributed by atoms with Crippen LogP contribution in [0.4, 0.5) is 19.0 Å². The van der Waals surface area contributed by atoms with Gasteiger partial charge in [0.1, 0.15) is 12.4 Å². The molecule has 1 rings (SSSR count). The van der Waals surface area contributed by atoms with Crippen molar-refractivity contribution in [1.29, 1.82) is 0 Å². The van der Waals surface area contributed by atoms with Crippen molar-refractivity contribution in [1.82, 2.24) is 10.3 Å². The lowest BCUT2D eigenvalue weighted by molar-refractivity contribution is -0.120. The number of aromatic nitrogens is 1. The predicted molar refractivity (Wildman–Crippen MR) is 71.7 cm³/mol. The van der Waals surface area contributed by atoms with Crippen LogP contribution in [0.3, 0.4) is 0 Å². The molecule has 0 aliphatic rings. The Labute approximate surface area is 116 Å². The highest BCUT2D eigenvalue weighted by Gasteiger charge is 2.31. The van der Waals surface area contributed by atoms with Gasteiger partial charge in [-0.3, -0.25) is 0 Å². The lowest BCUT2D eigenvalue weighted by Gasteiger charge is -2.25. The van der Waals surface area contributed by atoms with Crippen LogP contribution >= 0.6 is 0 Å². The molecule has 0 aromatic carbocycles. The van der Waals surface area contributed by atoms with Gasteiger partial charge in [0.15, 0.2) is 0 Å². The molecule has 2 N–H and O–H groups in total. The van der Waals surface area contributed by atoms with E-state index in [-0.39, 0.29) is 19.0 Å². The minimum Gasteiger partial charge on any atom is -0.395 e. The maximum atomic E-state index is 12.5. The van der Waals surface area contributed by atoms with Gasteiger partial charge in [-0.1, -0.05) is 6.92 Å². The maximum absolute atomic E-state index is 12.5. The molecule has 114 valence electrons. The van der Waals surface area contributed by atoms with Crippen LogP contribution in [0.15, 0.2) is 12.3 Å². The number of nitrogens with zero attached hydrogens (tertiary/aromatic N) is 2. The summed E-state index contributed by atoms with van der Waals surface area (Å²) in [5.41, 5.74) is 1.59. The fourth-order valence-electron chi connectivity index (χ4n) is 1.92. The molecule has 0 bridgehead atoms. The SMILES string of the molecule is CCNCc1cnc(N(CCO)CC(F)(F)F)c(C)c1. The molecule has 0 amide bonds. The van der Waals surface area contributed by atoms with Crippen molar-refractivity contribution in [2.75, 3.05) is 31.1 Å². The van der Waals surface area contributed by atoms with Crippen molar-refractivity contribution in [3.05, 3.63) is 23.4 Å². The number of anilines is 1. The van der Waals surface area contributed by atoms with Crippen molar-refractivity contribution in [2.45, 2.75) is 26.6 Å². The van der Waals surface area contributed by atoms with Crippen LogP contribution in [0.5, 0.6) is 0 Å². The van der Waals surface area contributed by atoms with Gasteiger partial charge in [0.2, 0.25) is 0 Å². The Balaban J connectivity index is 2.90. The first-order valence-corrected chi connectivity index (χ1v) is 6.46. The molecule has 0 saturated carbocycles. The van der Waals surface area contributed by atoms with Crippen LogP contribution in [-0.2, 0) is 6.54 Å². The Morgan fingerprint density at radius 1 is 1.40 bits per heavy atom. The summed E-state index contributed by atoms with van der Waals surface area (Å²) in [5, 5.41) is 12.0. The summed E-state index contributed by atoms with van der Waals surface area (Å²) in [6.45, 7) is 3.57. The van der Waals surface area contributed by atoms with Crippen molar-refractivity contribution in [3.8, 4) is 0 Å². The topological polar surface area (TPSA) is 48.4 Å². The van der Waals surface area contributed by atoms with Crippen LogP contribution < -0.4 is 10.2 Å². The first-order valence-electron chi connectivity index (χ1n) is 6.46. The Bertz CT molecular complexity index is 424. The van der Waals surface area contributed by atoms with E-state index in [2.05, 4.69) is 10.3 Å². The van der Waals surface area contributed by atoms with E-state index in [0.717, 1.165) is 17.0 Å². The van der Waals surface area contributed by atoms with E-state index in [1.54, 1.807) is 13.1 Å². The van der Waals surface area contributed by atoms with Gasteiger partial charge in [-0.15, -0.1) is 0 Å². The van der Waals surface area contributed by atoms with Crippen LogP contribution in [0.2, 0.25) is 0 Å². The second kappa shape index (κ2) is 7.44. The summed E-state index contributed by atoms with van der Waals surface area (Å²) in [5.74, 6) is 0.261. The molecular formula is C13H20F3N3O. The summed E-state index contributed by atoms with van der Waals surface area (Å²) in [6, 6.07) is 1.81. The molecule has 0 aliphatic heterocycles. The molecule has 0 aliphatic carbocycles. The quantitative estimate of drug-likeness (QED) is 0.805. The number of rotatable bonds is 7. The first kappa shape index (κ1) is 16.7. The van der Waals surface area contributed by atoms with E-state index >= 15 is 0 Å². The maximum Gasteiger partial charge on any atom is 0.405 e. The Hall–Kier alpha value is -1.34. The van der Waals surface area contributed by atoms with Gasteiger partial charge in [-0.25, -0.2) is 4.98 Å². The molecule has 1 heterocycles. The van der Waals surface area contributed by atoms with E-state index in [0.29, 0.717) is 12.1 Å². The summed E-state index contributed by atoms with van der Waals surface area (Å²) in [7, 11) is 0. The molecule has 1 aromatic heterocycles. The van der Waals surface area contributed by atoms with Gasteiger partial charge in [0.05, 0.1) is 6.61 Å². The summed E-state index contributed by atoms with van der Waals surface area (Å²) >= 11 is 0. The third-order valence-corrected chi connectivity index (χ3v) is 2.73. The number of hydrogen-bond donors (Lipinski definition) is 2. The molecule has 4 nitrogen and oxygen atoms in total. The fraction of sp³-hybridized carbons (Fsp3) is 0.615. The highest BCUT2D eigenvalue weighted by Crippen LogP contribution is 2.23. The van der Waals surface area contributed by atoms with Gasteiger partial charge >= 0.3 is 6.18 Å². The van der Waals surface area contributed by atoms with Crippen molar-refractivity contribution < 1.29 is 18.3 Å². The molecule has 0 unspecified atom stereocenters. The molecule has 0 atom stereocenters. The number of aryl methyl sites for hydroxylation is 1. The largest absolute Gasteiger partial charge is 0.405 e. The zero-order chi connectivity index (χ0) is 15.2. The molecule has 0 radical (unpaired) electrons. The van der Waals surface area contributed by atoms with Gasteiger partial charge in [-0.2, -0.15) is 13.2 Å². The van der Waals surface area contributed by atoms with E-state index in [9.17, 15) is 13.2 Å². The van der Waals surface area contributed by atoms with Crippen molar-refractivity contribution in [3.63, 3.8) is 0 Å². The number of pyridine rings is 1. The lowest BCUT2D eigenvalue weighted by atomic mass is 10.2. The molecule has 0 saturated heterocycles. The van der Waals surface area contributed by atoms with E-state index in [1.807, 2.05) is 13.0 Å². The molecule has 7 heteroatoms. The monoisotopic (exact) mass is 291 g/mol. The molecule has 20 heavy (non-hydrogen) atoms. The van der Waals surface area contributed by atoms with Crippen LogP contribution in [0.1, 0.15) is 18.1 Å². The first-order chi connectivity index (χ1) is 9.37. The minimum absolute atomic E-state index is 0.0973. The Morgan fingerprint density at radius 3 is 2.60 bits per heavy atom. The molecule has 0 spiro atoms. The summed E-state index contributed by atoms with van der Waals surface area (Å²) < 4.78 is 37.6. The number of hydrogen-bond acceptors (Lipinski definition) is 4. The second-order valence-corrected chi connectivity index (χ2v) is 4.52. The highest BCUT2D eigenvalue weighted by molar-refractivity contribution is 5.47. The van der Waals surface area contributed by atoms with E-state index < -0.39 is 12.7 Å². The van der Waals surface area contributed by atoms with Crippen LogP contribution in [-0.4, -0.2) is 42.5 Å². The van der Waals surface area contributed by atoms with Gasteiger partial charge in [0.25, 0.3) is 0 Å². The smallest absolute Gasteiger partial charge is 0.395 e. The standard InChI is InChI=1S/C13H20F3N3O/c1-3-17-7-11-6-10(2)12(18-8-11)19(4-5-20)9-13(14,15)16/h6,8,17,20H,3-5,7,9H2,1-2H3. The normalized spacial score (nSPS) is 11.7. The number of aliphatic hydroxyl groups excluding tert-OH is 1. The summed E-state index contributed by atoms with van der Waals surface area (Å²) in [4.78, 5) is 5.16. The van der Waals surface area contributed by atoms with E-state index in [1.165, 1.54) is 0 Å². The zero-order valence-electron chi connectivity index (χ0n) is 11.7. The number of nitrogens with one attached hydrogen (secondary N) is 1. The van der Waals surface area contributed by atoms with Crippen LogP contribution in [0.25, 0.3) is 0 Å². The zero-order valence-corrected chi connectivity index (χ0v) is 11.7. The molecule has 1 aromatic rings. The summed E-state index contributed by atoms with van der Waals surface area (Å²) in [6.07, 6.45) is -2.77. The average molecular weight is 291 g/mol.